The maximum atomic E-state index is 13.5. The van der Waals surface area contributed by atoms with Gasteiger partial charge in [-0.3, -0.25) is 14.5 Å². The zero-order chi connectivity index (χ0) is 28.4. The first-order valence-corrected chi connectivity index (χ1v) is 13.7. The number of rotatable bonds is 8. The van der Waals surface area contributed by atoms with Crippen molar-refractivity contribution < 1.29 is 29.0 Å². The molecule has 2 heterocycles. The van der Waals surface area contributed by atoms with Gasteiger partial charge < -0.3 is 14.6 Å². The van der Waals surface area contributed by atoms with Gasteiger partial charge in [0.2, 0.25) is 0 Å². The molecule has 1 fully saturated rings. The molecule has 1 amide bonds. The van der Waals surface area contributed by atoms with Gasteiger partial charge in [-0.2, -0.15) is 0 Å². The fourth-order valence-electron chi connectivity index (χ4n) is 4.58. The van der Waals surface area contributed by atoms with E-state index in [0.29, 0.717) is 34.7 Å². The van der Waals surface area contributed by atoms with Gasteiger partial charge in [0.05, 0.1) is 30.5 Å². The number of amides is 1. The smallest absolute Gasteiger partial charge is 0.350 e. The van der Waals surface area contributed by atoms with Crippen LogP contribution >= 0.6 is 11.3 Å². The summed E-state index contributed by atoms with van der Waals surface area (Å²) >= 11 is 0.984. The first kappa shape index (κ1) is 28.0. The number of Topliss-reactive ketones (excluding diaryl/α,β-unsaturated/α-hetero) is 1. The van der Waals surface area contributed by atoms with Crippen LogP contribution < -0.4 is 9.64 Å². The van der Waals surface area contributed by atoms with E-state index < -0.39 is 23.7 Å². The predicted molar refractivity (Wildman–Crippen MR) is 150 cm³/mol. The van der Waals surface area contributed by atoms with Crippen LogP contribution in [0.25, 0.3) is 5.76 Å². The molecule has 1 aliphatic rings. The van der Waals surface area contributed by atoms with Crippen molar-refractivity contribution in [1.82, 2.24) is 4.98 Å². The SMILES string of the molecule is CCOC(=O)c1sc(N2C(=O)C(=O)/C(=C(\O)c3ccc(OCC)cc3C)C2c2ccc(C(C)C)cc2)nc1C. The molecular weight excluding hydrogens is 516 g/mol. The lowest BCUT2D eigenvalue weighted by atomic mass is 9.92. The summed E-state index contributed by atoms with van der Waals surface area (Å²) in [7, 11) is 0. The Morgan fingerprint density at radius 3 is 2.36 bits per heavy atom. The Bertz CT molecular complexity index is 1450. The number of anilines is 1. The Morgan fingerprint density at radius 1 is 1.08 bits per heavy atom. The van der Waals surface area contributed by atoms with Crippen LogP contribution in [0.3, 0.4) is 0 Å². The fraction of sp³-hybridized carbons (Fsp3) is 0.333. The Morgan fingerprint density at radius 2 is 1.77 bits per heavy atom. The molecule has 1 aromatic heterocycles. The quantitative estimate of drug-likeness (QED) is 0.157. The lowest BCUT2D eigenvalue weighted by Crippen LogP contribution is -2.29. The molecule has 1 aliphatic heterocycles. The first-order chi connectivity index (χ1) is 18.6. The Hall–Kier alpha value is -3.98. The molecule has 4 rings (SSSR count). The van der Waals surface area contributed by atoms with Crippen molar-refractivity contribution in [2.24, 2.45) is 0 Å². The minimum atomic E-state index is -0.947. The van der Waals surface area contributed by atoms with Crippen LogP contribution in [-0.2, 0) is 14.3 Å². The lowest BCUT2D eigenvalue weighted by Gasteiger charge is -2.23. The minimum Gasteiger partial charge on any atom is -0.507 e. The molecule has 39 heavy (non-hydrogen) atoms. The number of aliphatic hydroxyl groups is 1. The van der Waals surface area contributed by atoms with E-state index in [1.54, 1.807) is 39.0 Å². The van der Waals surface area contributed by atoms with E-state index in [1.165, 1.54) is 4.90 Å². The number of hydrogen-bond donors (Lipinski definition) is 1. The number of aromatic nitrogens is 1. The van der Waals surface area contributed by atoms with Crippen molar-refractivity contribution in [2.75, 3.05) is 18.1 Å². The highest BCUT2D eigenvalue weighted by Gasteiger charge is 2.48. The molecule has 0 aliphatic carbocycles. The first-order valence-electron chi connectivity index (χ1n) is 12.9. The third-order valence-electron chi connectivity index (χ3n) is 6.58. The van der Waals surface area contributed by atoms with Gasteiger partial charge in [-0.15, -0.1) is 0 Å². The predicted octanol–water partition coefficient (Wildman–Crippen LogP) is 6.09. The number of nitrogens with zero attached hydrogens (tertiary/aromatic N) is 2. The van der Waals surface area contributed by atoms with Crippen molar-refractivity contribution in [3.8, 4) is 5.75 Å². The largest absolute Gasteiger partial charge is 0.507 e. The fourth-order valence-corrected chi connectivity index (χ4v) is 5.57. The average Bonchev–Trinajstić information content (AvgIpc) is 3.41. The molecule has 8 nitrogen and oxygen atoms in total. The second-order valence-corrected chi connectivity index (χ2v) is 10.5. The number of aryl methyl sites for hydroxylation is 2. The molecule has 0 spiro atoms. The van der Waals surface area contributed by atoms with E-state index in [0.717, 1.165) is 16.9 Å². The molecule has 204 valence electrons. The van der Waals surface area contributed by atoms with Gasteiger partial charge in [0.1, 0.15) is 16.4 Å². The van der Waals surface area contributed by atoms with E-state index in [-0.39, 0.29) is 33.9 Å². The molecule has 0 bridgehead atoms. The summed E-state index contributed by atoms with van der Waals surface area (Å²) in [5, 5.41) is 11.7. The van der Waals surface area contributed by atoms with E-state index in [9.17, 15) is 19.5 Å². The Kier molecular flexibility index (Phi) is 8.20. The molecule has 1 N–H and O–H groups in total. The van der Waals surface area contributed by atoms with Crippen LogP contribution in [-0.4, -0.2) is 41.0 Å². The molecule has 9 heteroatoms. The summed E-state index contributed by atoms with van der Waals surface area (Å²) in [6.07, 6.45) is 0. The number of aliphatic hydroxyl groups excluding tert-OH is 1. The Labute approximate surface area is 231 Å². The van der Waals surface area contributed by atoms with Crippen molar-refractivity contribution in [1.29, 1.82) is 0 Å². The summed E-state index contributed by atoms with van der Waals surface area (Å²) in [6, 6.07) is 11.8. The van der Waals surface area contributed by atoms with E-state index in [1.807, 2.05) is 31.2 Å². The maximum Gasteiger partial charge on any atom is 0.350 e. The molecule has 1 atom stereocenters. The van der Waals surface area contributed by atoms with Gasteiger partial charge in [-0.1, -0.05) is 49.4 Å². The topological polar surface area (TPSA) is 106 Å². The molecule has 1 unspecified atom stereocenters. The highest BCUT2D eigenvalue weighted by atomic mass is 32.1. The van der Waals surface area contributed by atoms with Crippen molar-refractivity contribution in [2.45, 2.75) is 53.5 Å². The Balaban J connectivity index is 1.91. The highest BCUT2D eigenvalue weighted by Crippen LogP contribution is 2.44. The second kappa shape index (κ2) is 11.4. The third kappa shape index (κ3) is 5.31. The minimum absolute atomic E-state index is 0.0462. The van der Waals surface area contributed by atoms with Crippen LogP contribution in [0.5, 0.6) is 5.75 Å². The number of ketones is 1. The molecule has 0 saturated carbocycles. The van der Waals surface area contributed by atoms with Gasteiger partial charge in [0, 0.05) is 5.56 Å². The van der Waals surface area contributed by atoms with Crippen molar-refractivity contribution >= 4 is 39.9 Å². The van der Waals surface area contributed by atoms with Gasteiger partial charge >= 0.3 is 11.9 Å². The van der Waals surface area contributed by atoms with E-state index in [4.69, 9.17) is 9.47 Å². The summed E-state index contributed by atoms with van der Waals surface area (Å²) in [5.74, 6) is -1.57. The monoisotopic (exact) mass is 548 g/mol. The molecule has 3 aromatic rings. The van der Waals surface area contributed by atoms with Crippen molar-refractivity contribution in [3.63, 3.8) is 0 Å². The number of ether oxygens (including phenoxy) is 2. The number of esters is 1. The molecule has 0 radical (unpaired) electrons. The summed E-state index contributed by atoms with van der Waals surface area (Å²) in [5.41, 5.74) is 3.18. The molecular formula is C30H32N2O6S. The van der Waals surface area contributed by atoms with Crippen LogP contribution in [0.1, 0.15) is 77.3 Å². The summed E-state index contributed by atoms with van der Waals surface area (Å²) in [4.78, 5) is 45.5. The normalized spacial score (nSPS) is 16.7. The van der Waals surface area contributed by atoms with Crippen LogP contribution in [0.4, 0.5) is 5.13 Å². The standard InChI is InChI=1S/C30H32N2O6S/c1-7-37-21-13-14-22(17(5)15-21)25(33)23-24(20-11-9-19(10-12-20)16(3)4)32(28(35)26(23)34)30-31-18(6)27(39-30)29(36)38-8-2/h9-16,24,33H,7-8H2,1-6H3/b25-23-. The maximum absolute atomic E-state index is 13.5. The van der Waals surface area contributed by atoms with Crippen LogP contribution in [0.2, 0.25) is 0 Å². The number of carbonyl (C=O) groups excluding carboxylic acids is 3. The zero-order valence-electron chi connectivity index (χ0n) is 22.9. The van der Waals surface area contributed by atoms with Crippen molar-refractivity contribution in [3.05, 3.63) is 80.9 Å². The van der Waals surface area contributed by atoms with Gasteiger partial charge in [0.25, 0.3) is 5.78 Å². The van der Waals surface area contributed by atoms with Crippen LogP contribution in [0.15, 0.2) is 48.0 Å². The zero-order valence-corrected chi connectivity index (χ0v) is 23.7. The lowest BCUT2D eigenvalue weighted by molar-refractivity contribution is -0.132. The highest BCUT2D eigenvalue weighted by molar-refractivity contribution is 7.17. The van der Waals surface area contributed by atoms with Gasteiger partial charge in [0.15, 0.2) is 5.13 Å². The second-order valence-electron chi connectivity index (χ2n) is 9.53. The number of hydrogen-bond acceptors (Lipinski definition) is 8. The average molecular weight is 549 g/mol. The molecule has 2 aromatic carbocycles. The van der Waals surface area contributed by atoms with E-state index in [2.05, 4.69) is 18.8 Å². The summed E-state index contributed by atoms with van der Waals surface area (Å²) in [6.45, 7) is 11.9. The number of carbonyl (C=O) groups is 3. The molecule has 1 saturated heterocycles. The third-order valence-corrected chi connectivity index (χ3v) is 7.72. The number of benzene rings is 2. The van der Waals surface area contributed by atoms with Gasteiger partial charge in [-0.25, -0.2) is 9.78 Å². The summed E-state index contributed by atoms with van der Waals surface area (Å²) < 4.78 is 10.7. The van der Waals surface area contributed by atoms with Gasteiger partial charge in [-0.05, 0) is 68.5 Å². The van der Waals surface area contributed by atoms with Crippen LogP contribution in [0, 0.1) is 13.8 Å². The van der Waals surface area contributed by atoms with E-state index >= 15 is 0 Å². The number of thiazole rings is 1.